The number of carbonyl (C=O) groups is 1. The van der Waals surface area contributed by atoms with Crippen LogP contribution < -0.4 is 10.6 Å². The maximum absolute atomic E-state index is 12.8. The minimum atomic E-state index is -0.346. The Labute approximate surface area is 202 Å². The maximum Gasteiger partial charge on any atom is 0.230 e. The summed E-state index contributed by atoms with van der Waals surface area (Å²) in [6, 6.07) is 8.15. The fourth-order valence-electron chi connectivity index (χ4n) is 3.97. The molecule has 1 saturated carbocycles. The Bertz CT molecular complexity index is 870. The van der Waals surface area contributed by atoms with Crippen molar-refractivity contribution in [2.45, 2.75) is 46.1 Å². The maximum atomic E-state index is 12.8. The van der Waals surface area contributed by atoms with Gasteiger partial charge >= 0.3 is 0 Å². The third kappa shape index (κ3) is 6.44. The molecular weight excluding hydrogens is 505 g/mol. The number of aryl methyl sites for hydroxylation is 1. The zero-order valence-corrected chi connectivity index (χ0v) is 21.2. The summed E-state index contributed by atoms with van der Waals surface area (Å²) in [6.45, 7) is 5.72. The van der Waals surface area contributed by atoms with Crippen molar-refractivity contribution in [1.29, 1.82) is 0 Å². The summed E-state index contributed by atoms with van der Waals surface area (Å²) in [5, 5.41) is 6.63. The molecule has 0 atom stereocenters. The summed E-state index contributed by atoms with van der Waals surface area (Å²) in [5.74, 6) is 2.16. The van der Waals surface area contributed by atoms with Crippen molar-refractivity contribution < 1.29 is 9.21 Å². The van der Waals surface area contributed by atoms with Gasteiger partial charge in [0, 0.05) is 32.7 Å². The van der Waals surface area contributed by atoms with Gasteiger partial charge in [0.15, 0.2) is 11.7 Å². The van der Waals surface area contributed by atoms with Crippen LogP contribution >= 0.6 is 24.0 Å². The summed E-state index contributed by atoms with van der Waals surface area (Å²) in [4.78, 5) is 23.5. The largest absolute Gasteiger partial charge is 0.439 e. The Morgan fingerprint density at radius 3 is 2.48 bits per heavy atom. The van der Waals surface area contributed by atoms with E-state index in [4.69, 9.17) is 4.42 Å². The molecule has 1 fully saturated rings. The average molecular weight is 539 g/mol. The van der Waals surface area contributed by atoms with Crippen LogP contribution in [-0.4, -0.2) is 48.9 Å². The van der Waals surface area contributed by atoms with E-state index in [2.05, 4.69) is 39.7 Å². The Balaban J connectivity index is 0.00000341. The number of oxazole rings is 1. The van der Waals surface area contributed by atoms with Crippen LogP contribution in [0.3, 0.4) is 0 Å². The summed E-state index contributed by atoms with van der Waals surface area (Å²) in [6.07, 6.45) is 5.74. The molecule has 8 heteroatoms. The fourth-order valence-corrected chi connectivity index (χ4v) is 3.97. The first kappa shape index (κ1) is 25.2. The Morgan fingerprint density at radius 2 is 1.87 bits per heavy atom. The molecule has 1 amide bonds. The molecule has 1 aromatic carbocycles. The molecule has 1 aliphatic carbocycles. The molecule has 2 aromatic rings. The van der Waals surface area contributed by atoms with E-state index in [1.165, 1.54) is 5.56 Å². The van der Waals surface area contributed by atoms with Crippen LogP contribution in [-0.2, 0) is 11.3 Å². The minimum absolute atomic E-state index is 0. The van der Waals surface area contributed by atoms with E-state index in [1.54, 1.807) is 11.1 Å². The molecule has 0 radical (unpaired) electrons. The second-order valence-corrected chi connectivity index (χ2v) is 8.22. The van der Waals surface area contributed by atoms with Crippen molar-refractivity contribution in [3.63, 3.8) is 0 Å². The molecule has 2 N–H and O–H groups in total. The quantitative estimate of drug-likeness (QED) is 0.316. The summed E-state index contributed by atoms with van der Waals surface area (Å²) in [7, 11) is 3.66. The Morgan fingerprint density at radius 1 is 1.19 bits per heavy atom. The van der Waals surface area contributed by atoms with Crippen molar-refractivity contribution >= 4 is 35.8 Å². The summed E-state index contributed by atoms with van der Waals surface area (Å²) in [5.41, 5.74) is 1.86. The number of carbonyl (C=O) groups excluding carboxylic acids is 1. The van der Waals surface area contributed by atoms with Gasteiger partial charge in [-0.05, 0) is 26.7 Å². The lowest BCUT2D eigenvalue weighted by Crippen LogP contribution is -2.49. The van der Waals surface area contributed by atoms with Crippen LogP contribution in [0.5, 0.6) is 0 Å². The SMILES string of the molecule is CCNC(=NCc1ncc(-c2ccc(C)cc2)o1)NCC1(C(=O)N(C)C)CCCC1.I. The number of halogens is 1. The van der Waals surface area contributed by atoms with Crippen molar-refractivity contribution in [2.24, 2.45) is 10.4 Å². The van der Waals surface area contributed by atoms with Gasteiger partial charge in [0.25, 0.3) is 0 Å². The van der Waals surface area contributed by atoms with Gasteiger partial charge in [-0.3, -0.25) is 4.79 Å². The molecule has 0 aliphatic heterocycles. The number of nitrogens with one attached hydrogen (secondary N) is 2. The molecule has 1 heterocycles. The van der Waals surface area contributed by atoms with Crippen LogP contribution in [0.25, 0.3) is 11.3 Å². The number of aliphatic imine (C=N–C) groups is 1. The third-order valence-corrected chi connectivity index (χ3v) is 5.62. The van der Waals surface area contributed by atoms with Gasteiger partial charge in [0.2, 0.25) is 11.8 Å². The van der Waals surface area contributed by atoms with Crippen LogP contribution in [0.4, 0.5) is 0 Å². The molecule has 1 aromatic heterocycles. The predicted octanol–water partition coefficient (Wildman–Crippen LogP) is 3.97. The lowest BCUT2D eigenvalue weighted by molar-refractivity contribution is -0.138. The number of rotatable bonds is 7. The second-order valence-electron chi connectivity index (χ2n) is 8.22. The molecule has 0 spiro atoms. The minimum Gasteiger partial charge on any atom is -0.439 e. The van der Waals surface area contributed by atoms with E-state index in [0.29, 0.717) is 24.9 Å². The number of guanidine groups is 1. The molecule has 0 saturated heterocycles. The van der Waals surface area contributed by atoms with Crippen LogP contribution in [0.1, 0.15) is 44.1 Å². The lowest BCUT2D eigenvalue weighted by Gasteiger charge is -2.31. The number of nitrogens with zero attached hydrogens (tertiary/aromatic N) is 3. The highest BCUT2D eigenvalue weighted by Gasteiger charge is 2.42. The first-order valence-corrected chi connectivity index (χ1v) is 10.7. The highest BCUT2D eigenvalue weighted by atomic mass is 127. The fraction of sp³-hybridized carbons (Fsp3) is 0.522. The molecule has 1 aliphatic rings. The molecule has 0 unspecified atom stereocenters. The van der Waals surface area contributed by atoms with Crippen molar-refractivity contribution in [3.8, 4) is 11.3 Å². The van der Waals surface area contributed by atoms with E-state index >= 15 is 0 Å². The molecular formula is C23H34IN5O2. The lowest BCUT2D eigenvalue weighted by atomic mass is 9.84. The molecule has 170 valence electrons. The molecule has 3 rings (SSSR count). The number of amides is 1. The zero-order chi connectivity index (χ0) is 21.6. The molecule has 0 bridgehead atoms. The van der Waals surface area contributed by atoms with E-state index in [0.717, 1.165) is 43.6 Å². The van der Waals surface area contributed by atoms with Crippen LogP contribution in [0.2, 0.25) is 0 Å². The number of aromatic nitrogens is 1. The standard InChI is InChI=1S/C23H33N5O2.HI/c1-5-24-22(27-16-23(12-6-7-13-23)21(29)28(3)4)26-15-20-25-14-19(30-20)18-10-8-17(2)9-11-18;/h8-11,14H,5-7,12-13,15-16H2,1-4H3,(H2,24,26,27);1H. The van der Waals surface area contributed by atoms with Gasteiger partial charge in [0.1, 0.15) is 6.54 Å². The van der Waals surface area contributed by atoms with Gasteiger partial charge in [-0.15, -0.1) is 24.0 Å². The van der Waals surface area contributed by atoms with E-state index in [1.807, 2.05) is 33.2 Å². The summed E-state index contributed by atoms with van der Waals surface area (Å²) < 4.78 is 5.87. The van der Waals surface area contributed by atoms with Gasteiger partial charge in [-0.1, -0.05) is 42.7 Å². The van der Waals surface area contributed by atoms with Crippen molar-refractivity contribution in [2.75, 3.05) is 27.2 Å². The van der Waals surface area contributed by atoms with E-state index < -0.39 is 0 Å². The highest BCUT2D eigenvalue weighted by molar-refractivity contribution is 14.0. The first-order valence-electron chi connectivity index (χ1n) is 10.7. The van der Waals surface area contributed by atoms with Gasteiger partial charge in [-0.25, -0.2) is 9.98 Å². The monoisotopic (exact) mass is 539 g/mol. The number of hydrogen-bond donors (Lipinski definition) is 2. The average Bonchev–Trinajstić information content (AvgIpc) is 3.40. The third-order valence-electron chi connectivity index (χ3n) is 5.62. The van der Waals surface area contributed by atoms with Crippen LogP contribution in [0.15, 0.2) is 39.9 Å². The predicted molar refractivity (Wildman–Crippen MR) is 135 cm³/mol. The number of benzene rings is 1. The van der Waals surface area contributed by atoms with E-state index in [-0.39, 0.29) is 35.3 Å². The van der Waals surface area contributed by atoms with Gasteiger partial charge in [-0.2, -0.15) is 0 Å². The zero-order valence-electron chi connectivity index (χ0n) is 18.9. The first-order chi connectivity index (χ1) is 14.4. The van der Waals surface area contributed by atoms with Crippen LogP contribution in [0, 0.1) is 12.3 Å². The van der Waals surface area contributed by atoms with Gasteiger partial charge < -0.3 is 20.0 Å². The molecule has 7 nitrogen and oxygen atoms in total. The van der Waals surface area contributed by atoms with Gasteiger partial charge in [0.05, 0.1) is 11.6 Å². The molecule has 31 heavy (non-hydrogen) atoms. The topological polar surface area (TPSA) is 82.8 Å². The van der Waals surface area contributed by atoms with E-state index in [9.17, 15) is 4.79 Å². The number of hydrogen-bond acceptors (Lipinski definition) is 4. The smallest absolute Gasteiger partial charge is 0.230 e. The Hall–Kier alpha value is -2.10. The van der Waals surface area contributed by atoms with Crippen molar-refractivity contribution in [3.05, 3.63) is 41.9 Å². The highest BCUT2D eigenvalue weighted by Crippen LogP contribution is 2.38. The Kier molecular flexibility index (Phi) is 9.33. The summed E-state index contributed by atoms with van der Waals surface area (Å²) >= 11 is 0. The normalized spacial score (nSPS) is 15.3. The van der Waals surface area contributed by atoms with Crippen molar-refractivity contribution in [1.82, 2.24) is 20.5 Å². The second kappa shape index (κ2) is 11.5.